The standard InChI is InChI=1S/C29H21N5O2/c30-24-9-3-1-7-23(24)29(35)33-19-12-14-20(15-13-19)34(27-16-17-31-18-32-27)25-10-5-8-22-21-6-2-4-11-26(21)36-28(22)25/h1-18H,30H2,(H,33,35). The average Bonchev–Trinajstić information content (AvgIpc) is 3.30. The molecule has 0 fully saturated rings. The zero-order valence-corrected chi connectivity index (χ0v) is 19.1. The lowest BCUT2D eigenvalue weighted by Crippen LogP contribution is -2.14. The summed E-state index contributed by atoms with van der Waals surface area (Å²) in [5, 5.41) is 4.98. The zero-order valence-electron chi connectivity index (χ0n) is 19.1. The van der Waals surface area contributed by atoms with E-state index in [0.29, 0.717) is 22.8 Å². The van der Waals surface area contributed by atoms with E-state index in [4.69, 9.17) is 10.2 Å². The third kappa shape index (κ3) is 3.78. The molecule has 0 bridgehead atoms. The van der Waals surface area contributed by atoms with Crippen molar-refractivity contribution < 1.29 is 9.21 Å². The number of furan rings is 1. The van der Waals surface area contributed by atoms with Crippen molar-refractivity contribution in [2.45, 2.75) is 0 Å². The van der Waals surface area contributed by atoms with Gasteiger partial charge >= 0.3 is 0 Å². The Hall–Kier alpha value is -5.17. The highest BCUT2D eigenvalue weighted by Gasteiger charge is 2.20. The van der Waals surface area contributed by atoms with Gasteiger partial charge in [0, 0.05) is 34.0 Å². The van der Waals surface area contributed by atoms with Crippen LogP contribution in [0.3, 0.4) is 0 Å². The van der Waals surface area contributed by atoms with E-state index in [2.05, 4.69) is 27.4 Å². The number of nitrogens with two attached hydrogens (primary N) is 1. The van der Waals surface area contributed by atoms with E-state index < -0.39 is 0 Å². The van der Waals surface area contributed by atoms with Crippen LogP contribution < -0.4 is 16.0 Å². The monoisotopic (exact) mass is 471 g/mol. The molecule has 2 aromatic heterocycles. The first-order valence-corrected chi connectivity index (χ1v) is 11.4. The minimum absolute atomic E-state index is 0.263. The van der Waals surface area contributed by atoms with Gasteiger partial charge in [0.2, 0.25) is 0 Å². The van der Waals surface area contributed by atoms with Gasteiger partial charge in [-0.05, 0) is 54.6 Å². The van der Waals surface area contributed by atoms with Gasteiger partial charge in [-0.25, -0.2) is 9.97 Å². The third-order valence-corrected chi connectivity index (χ3v) is 6.01. The van der Waals surface area contributed by atoms with E-state index >= 15 is 0 Å². The number of para-hydroxylation sites is 3. The number of hydrogen-bond donors (Lipinski definition) is 2. The highest BCUT2D eigenvalue weighted by molar-refractivity contribution is 6.10. The number of benzene rings is 4. The van der Waals surface area contributed by atoms with Crippen LogP contribution in [0.25, 0.3) is 21.9 Å². The molecule has 2 heterocycles. The Morgan fingerprint density at radius 3 is 2.42 bits per heavy atom. The Morgan fingerprint density at radius 2 is 1.61 bits per heavy atom. The van der Waals surface area contributed by atoms with Gasteiger partial charge in [-0.3, -0.25) is 9.69 Å². The number of carbonyl (C=O) groups excluding carboxylic acids is 1. The van der Waals surface area contributed by atoms with E-state index in [-0.39, 0.29) is 5.91 Å². The van der Waals surface area contributed by atoms with Crippen molar-refractivity contribution in [1.29, 1.82) is 0 Å². The average molecular weight is 472 g/mol. The summed E-state index contributed by atoms with van der Waals surface area (Å²) in [5.41, 5.74) is 10.7. The first kappa shape index (κ1) is 21.4. The fraction of sp³-hybridized carbons (Fsp3) is 0. The number of aromatic nitrogens is 2. The molecule has 3 N–H and O–H groups in total. The fourth-order valence-corrected chi connectivity index (χ4v) is 4.32. The zero-order chi connectivity index (χ0) is 24.5. The van der Waals surface area contributed by atoms with Gasteiger partial charge in [0.25, 0.3) is 5.91 Å². The maximum absolute atomic E-state index is 12.7. The molecule has 7 nitrogen and oxygen atoms in total. The molecule has 1 amide bonds. The van der Waals surface area contributed by atoms with Crippen LogP contribution in [0, 0.1) is 0 Å². The predicted octanol–water partition coefficient (Wildman–Crippen LogP) is 6.68. The number of hydrogen-bond acceptors (Lipinski definition) is 6. The lowest BCUT2D eigenvalue weighted by atomic mass is 10.1. The van der Waals surface area contributed by atoms with Gasteiger partial charge in [0.1, 0.15) is 17.7 Å². The van der Waals surface area contributed by atoms with Crippen LogP contribution in [0.15, 0.2) is 114 Å². The molecule has 6 rings (SSSR count). The molecule has 0 aliphatic heterocycles. The molecule has 4 aromatic carbocycles. The molecule has 0 saturated carbocycles. The number of amides is 1. The summed E-state index contributed by atoms with van der Waals surface area (Å²) in [6, 6.07) is 30.4. The van der Waals surface area contributed by atoms with E-state index in [1.54, 1.807) is 30.5 Å². The number of nitrogen functional groups attached to an aromatic ring is 1. The van der Waals surface area contributed by atoms with Gasteiger partial charge in [0.05, 0.1) is 11.3 Å². The summed E-state index contributed by atoms with van der Waals surface area (Å²) in [4.78, 5) is 23.3. The maximum atomic E-state index is 12.7. The van der Waals surface area contributed by atoms with Gasteiger partial charge in [-0.15, -0.1) is 0 Å². The minimum atomic E-state index is -0.263. The predicted molar refractivity (Wildman–Crippen MR) is 143 cm³/mol. The molecular weight excluding hydrogens is 450 g/mol. The summed E-state index contributed by atoms with van der Waals surface area (Å²) in [6.07, 6.45) is 3.22. The molecule has 0 unspecified atom stereocenters. The van der Waals surface area contributed by atoms with E-state index in [9.17, 15) is 4.79 Å². The normalized spacial score (nSPS) is 11.0. The van der Waals surface area contributed by atoms with Crippen molar-refractivity contribution in [3.05, 3.63) is 115 Å². The van der Waals surface area contributed by atoms with E-state index in [1.807, 2.05) is 65.6 Å². The summed E-state index contributed by atoms with van der Waals surface area (Å²) in [7, 11) is 0. The van der Waals surface area contributed by atoms with Crippen LogP contribution in [0.2, 0.25) is 0 Å². The van der Waals surface area contributed by atoms with Crippen LogP contribution in [0.5, 0.6) is 0 Å². The van der Waals surface area contributed by atoms with Gasteiger partial charge in [0.15, 0.2) is 5.58 Å². The Bertz CT molecular complexity index is 1690. The Kier molecular flexibility index (Phi) is 5.27. The number of carbonyl (C=O) groups is 1. The second-order valence-electron chi connectivity index (χ2n) is 8.24. The highest BCUT2D eigenvalue weighted by atomic mass is 16.3. The topological polar surface area (TPSA) is 97.3 Å². The van der Waals surface area contributed by atoms with Crippen molar-refractivity contribution in [2.75, 3.05) is 16.0 Å². The third-order valence-electron chi connectivity index (χ3n) is 6.01. The van der Waals surface area contributed by atoms with Crippen molar-refractivity contribution >= 4 is 56.4 Å². The summed E-state index contributed by atoms with van der Waals surface area (Å²) >= 11 is 0. The molecule has 0 saturated heterocycles. The van der Waals surface area contributed by atoms with Gasteiger partial charge in [-0.2, -0.15) is 0 Å². The van der Waals surface area contributed by atoms with Crippen molar-refractivity contribution in [2.24, 2.45) is 0 Å². The number of rotatable bonds is 5. The van der Waals surface area contributed by atoms with E-state index in [0.717, 1.165) is 33.3 Å². The Balaban J connectivity index is 1.41. The largest absolute Gasteiger partial charge is 0.454 e. The second kappa shape index (κ2) is 8.88. The molecule has 0 aliphatic rings. The summed E-state index contributed by atoms with van der Waals surface area (Å²) in [5.74, 6) is 0.423. The summed E-state index contributed by atoms with van der Waals surface area (Å²) < 4.78 is 6.29. The second-order valence-corrected chi connectivity index (χ2v) is 8.24. The van der Waals surface area contributed by atoms with Crippen LogP contribution in [-0.4, -0.2) is 15.9 Å². The van der Waals surface area contributed by atoms with Crippen LogP contribution >= 0.6 is 0 Å². The lowest BCUT2D eigenvalue weighted by Gasteiger charge is -2.24. The fourth-order valence-electron chi connectivity index (χ4n) is 4.32. The van der Waals surface area contributed by atoms with Crippen LogP contribution in [0.4, 0.5) is 28.6 Å². The van der Waals surface area contributed by atoms with Crippen molar-refractivity contribution in [1.82, 2.24) is 9.97 Å². The molecule has 36 heavy (non-hydrogen) atoms. The number of anilines is 5. The minimum Gasteiger partial charge on any atom is -0.454 e. The first-order valence-electron chi connectivity index (χ1n) is 11.4. The van der Waals surface area contributed by atoms with Gasteiger partial charge < -0.3 is 15.5 Å². The maximum Gasteiger partial charge on any atom is 0.257 e. The molecule has 0 aliphatic carbocycles. The molecular formula is C29H21N5O2. The number of nitrogens with zero attached hydrogens (tertiary/aromatic N) is 3. The first-order chi connectivity index (χ1) is 17.7. The molecule has 6 aromatic rings. The van der Waals surface area contributed by atoms with Crippen molar-refractivity contribution in [3.8, 4) is 0 Å². The number of nitrogens with one attached hydrogen (secondary N) is 1. The molecule has 0 atom stereocenters. The van der Waals surface area contributed by atoms with Crippen LogP contribution in [-0.2, 0) is 0 Å². The highest BCUT2D eigenvalue weighted by Crippen LogP contribution is 2.41. The summed E-state index contributed by atoms with van der Waals surface area (Å²) in [6.45, 7) is 0. The Morgan fingerprint density at radius 1 is 0.833 bits per heavy atom. The lowest BCUT2D eigenvalue weighted by molar-refractivity contribution is 0.102. The van der Waals surface area contributed by atoms with Gasteiger partial charge in [-0.1, -0.05) is 42.5 Å². The van der Waals surface area contributed by atoms with E-state index in [1.165, 1.54) is 6.33 Å². The quantitative estimate of drug-likeness (QED) is 0.272. The molecule has 0 radical (unpaired) electrons. The Labute approximate surface area is 206 Å². The smallest absolute Gasteiger partial charge is 0.257 e. The number of fused-ring (bicyclic) bond motifs is 3. The molecule has 174 valence electrons. The van der Waals surface area contributed by atoms with Crippen molar-refractivity contribution in [3.63, 3.8) is 0 Å². The van der Waals surface area contributed by atoms with Crippen LogP contribution in [0.1, 0.15) is 10.4 Å². The SMILES string of the molecule is Nc1ccccc1C(=O)Nc1ccc(N(c2ccncn2)c2cccc3c2oc2ccccc23)cc1. The molecule has 0 spiro atoms. The molecule has 7 heteroatoms.